The highest BCUT2D eigenvalue weighted by Gasteiger charge is 2.16. The van der Waals surface area contributed by atoms with Gasteiger partial charge in [-0.25, -0.2) is 9.78 Å². The fraction of sp³-hybridized carbons (Fsp3) is 0.217. The minimum atomic E-state index is -0.387. The van der Waals surface area contributed by atoms with Crippen molar-refractivity contribution in [1.82, 2.24) is 9.55 Å². The van der Waals surface area contributed by atoms with E-state index in [9.17, 15) is 4.79 Å². The van der Waals surface area contributed by atoms with Crippen molar-refractivity contribution in [3.05, 3.63) is 76.6 Å². The number of carbonyl (C=O) groups is 1. The van der Waals surface area contributed by atoms with Crippen LogP contribution in [0.15, 0.2) is 54.7 Å². The summed E-state index contributed by atoms with van der Waals surface area (Å²) in [7, 11) is 0. The molecule has 0 aliphatic rings. The van der Waals surface area contributed by atoms with Gasteiger partial charge in [-0.3, -0.25) is 0 Å². The Balaban J connectivity index is 1.86. The minimum Gasteiger partial charge on any atom is -0.461 e. The molecule has 0 bridgehead atoms. The van der Waals surface area contributed by atoms with Gasteiger partial charge in [0.25, 0.3) is 0 Å². The number of hydrogen-bond acceptors (Lipinski definition) is 3. The number of carbonyl (C=O) groups excluding carboxylic acids is 1. The van der Waals surface area contributed by atoms with Crippen molar-refractivity contribution in [2.45, 2.75) is 26.8 Å². The van der Waals surface area contributed by atoms with Gasteiger partial charge in [-0.05, 0) is 37.1 Å². The van der Waals surface area contributed by atoms with E-state index in [-0.39, 0.29) is 5.97 Å². The molecule has 4 rings (SSSR count). The van der Waals surface area contributed by atoms with Crippen molar-refractivity contribution in [2.75, 3.05) is 6.61 Å². The molecule has 4 nitrogen and oxygen atoms in total. The second kappa shape index (κ2) is 7.64. The Kier molecular flexibility index (Phi) is 5.05. The first-order chi connectivity index (χ1) is 13.6. The lowest BCUT2D eigenvalue weighted by atomic mass is 10.1. The predicted octanol–water partition coefficient (Wildman–Crippen LogP) is 5.77. The fourth-order valence-electron chi connectivity index (χ4n) is 3.49. The van der Waals surface area contributed by atoms with E-state index >= 15 is 0 Å². The molecule has 0 N–H and O–H groups in total. The van der Waals surface area contributed by atoms with Gasteiger partial charge in [0, 0.05) is 27.9 Å². The Morgan fingerprint density at radius 1 is 1.11 bits per heavy atom. The van der Waals surface area contributed by atoms with E-state index in [1.54, 1.807) is 6.20 Å². The highest BCUT2D eigenvalue weighted by Crippen LogP contribution is 2.31. The van der Waals surface area contributed by atoms with Gasteiger partial charge < -0.3 is 9.30 Å². The lowest BCUT2D eigenvalue weighted by molar-refractivity contribution is 0.0498. The minimum absolute atomic E-state index is 0.331. The standard InChI is InChI=1S/C23H21ClN2O2/c1-3-10-28-23(27)20-12-18-17-6-4-5-7-21(17)26(22(18)13-25-20)14-16-11-15(2)8-9-19(16)24/h4-9,11-13H,3,10,14H2,1-2H3. The molecule has 2 heterocycles. The summed E-state index contributed by atoms with van der Waals surface area (Å²) in [5, 5.41) is 2.80. The van der Waals surface area contributed by atoms with Crippen molar-refractivity contribution in [3.8, 4) is 0 Å². The molecule has 5 heteroatoms. The molecule has 0 atom stereocenters. The molecule has 2 aromatic heterocycles. The van der Waals surface area contributed by atoms with E-state index in [2.05, 4.69) is 34.7 Å². The first kappa shape index (κ1) is 18.5. The predicted molar refractivity (Wildman–Crippen MR) is 113 cm³/mol. The van der Waals surface area contributed by atoms with Crippen molar-refractivity contribution in [3.63, 3.8) is 0 Å². The monoisotopic (exact) mass is 392 g/mol. The summed E-state index contributed by atoms with van der Waals surface area (Å²) in [5.74, 6) is -0.387. The number of pyridine rings is 1. The number of nitrogens with zero attached hydrogens (tertiary/aromatic N) is 2. The van der Waals surface area contributed by atoms with Crippen LogP contribution in [0.4, 0.5) is 0 Å². The third-order valence-corrected chi connectivity index (χ3v) is 5.20. The number of aryl methyl sites for hydroxylation is 1. The van der Waals surface area contributed by atoms with Crippen molar-refractivity contribution >= 4 is 39.4 Å². The molecule has 0 aliphatic carbocycles. The summed E-state index contributed by atoms with van der Waals surface area (Å²) < 4.78 is 7.44. The van der Waals surface area contributed by atoms with Crippen molar-refractivity contribution < 1.29 is 9.53 Å². The van der Waals surface area contributed by atoms with E-state index in [0.29, 0.717) is 18.8 Å². The third kappa shape index (κ3) is 3.36. The summed E-state index contributed by atoms with van der Waals surface area (Å²) in [6.45, 7) is 5.05. The van der Waals surface area contributed by atoms with Crippen LogP contribution in [0.25, 0.3) is 21.8 Å². The van der Waals surface area contributed by atoms with Gasteiger partial charge in [0.2, 0.25) is 0 Å². The van der Waals surface area contributed by atoms with Crippen LogP contribution in [0, 0.1) is 6.92 Å². The molecular formula is C23H21ClN2O2. The fourth-order valence-corrected chi connectivity index (χ4v) is 3.67. The molecule has 0 fully saturated rings. The molecule has 0 saturated carbocycles. The highest BCUT2D eigenvalue weighted by atomic mass is 35.5. The van der Waals surface area contributed by atoms with Gasteiger partial charge in [-0.1, -0.05) is 54.4 Å². The summed E-state index contributed by atoms with van der Waals surface area (Å²) in [6.07, 6.45) is 2.53. The smallest absolute Gasteiger partial charge is 0.356 e. The average Bonchev–Trinajstić information content (AvgIpc) is 3.02. The van der Waals surface area contributed by atoms with Gasteiger partial charge >= 0.3 is 5.97 Å². The summed E-state index contributed by atoms with van der Waals surface area (Å²) in [4.78, 5) is 16.6. The third-order valence-electron chi connectivity index (χ3n) is 4.83. The molecule has 2 aromatic carbocycles. The normalized spacial score (nSPS) is 11.2. The molecule has 0 radical (unpaired) electrons. The lowest BCUT2D eigenvalue weighted by Crippen LogP contribution is -2.08. The zero-order chi connectivity index (χ0) is 19.7. The van der Waals surface area contributed by atoms with Crippen LogP contribution < -0.4 is 0 Å². The van der Waals surface area contributed by atoms with E-state index in [0.717, 1.165) is 38.8 Å². The second-order valence-electron chi connectivity index (χ2n) is 6.92. The summed E-state index contributed by atoms with van der Waals surface area (Å²) in [5.41, 5.74) is 4.59. The number of ether oxygens (including phenoxy) is 1. The molecule has 0 amide bonds. The Morgan fingerprint density at radius 3 is 2.75 bits per heavy atom. The Bertz CT molecular complexity index is 1180. The maximum absolute atomic E-state index is 12.3. The topological polar surface area (TPSA) is 44.1 Å². The highest BCUT2D eigenvalue weighted by molar-refractivity contribution is 6.31. The number of para-hydroxylation sites is 1. The number of benzene rings is 2. The first-order valence-electron chi connectivity index (χ1n) is 9.37. The maximum Gasteiger partial charge on any atom is 0.356 e. The summed E-state index contributed by atoms with van der Waals surface area (Å²) >= 11 is 6.44. The quantitative estimate of drug-likeness (QED) is 0.405. The van der Waals surface area contributed by atoms with Gasteiger partial charge in [0.15, 0.2) is 0 Å². The van der Waals surface area contributed by atoms with Crippen LogP contribution in [0.3, 0.4) is 0 Å². The van der Waals surface area contributed by atoms with Crippen LogP contribution >= 0.6 is 11.6 Å². The molecule has 0 saturated heterocycles. The Hall–Kier alpha value is -2.85. The van der Waals surface area contributed by atoms with E-state index < -0.39 is 0 Å². The average molecular weight is 393 g/mol. The van der Waals surface area contributed by atoms with Crippen molar-refractivity contribution in [1.29, 1.82) is 0 Å². The lowest BCUT2D eigenvalue weighted by Gasteiger charge is -2.10. The molecule has 0 unspecified atom stereocenters. The van der Waals surface area contributed by atoms with Gasteiger partial charge in [-0.2, -0.15) is 0 Å². The van der Waals surface area contributed by atoms with E-state index in [1.165, 1.54) is 5.56 Å². The Morgan fingerprint density at radius 2 is 1.93 bits per heavy atom. The Labute approximate surface area is 168 Å². The summed E-state index contributed by atoms with van der Waals surface area (Å²) in [6, 6.07) is 16.0. The molecule has 0 aliphatic heterocycles. The number of rotatable bonds is 5. The number of aromatic nitrogens is 2. The van der Waals surface area contributed by atoms with Gasteiger partial charge in [-0.15, -0.1) is 0 Å². The van der Waals surface area contributed by atoms with Crippen LogP contribution in [0.1, 0.15) is 35.0 Å². The molecule has 142 valence electrons. The number of esters is 1. The number of halogens is 1. The van der Waals surface area contributed by atoms with Crippen LogP contribution in [-0.4, -0.2) is 22.1 Å². The SMILES string of the molecule is CCCOC(=O)c1cc2c3ccccc3n(Cc3cc(C)ccc3Cl)c2cn1. The number of fused-ring (bicyclic) bond motifs is 3. The second-order valence-corrected chi connectivity index (χ2v) is 7.33. The first-order valence-corrected chi connectivity index (χ1v) is 9.75. The van der Waals surface area contributed by atoms with Gasteiger partial charge in [0.1, 0.15) is 5.69 Å². The van der Waals surface area contributed by atoms with Crippen molar-refractivity contribution in [2.24, 2.45) is 0 Å². The zero-order valence-electron chi connectivity index (χ0n) is 15.9. The molecule has 28 heavy (non-hydrogen) atoms. The molecule has 4 aromatic rings. The molecule has 0 spiro atoms. The van der Waals surface area contributed by atoms with E-state index in [1.807, 2.05) is 37.3 Å². The van der Waals surface area contributed by atoms with Gasteiger partial charge in [0.05, 0.1) is 18.3 Å². The maximum atomic E-state index is 12.3. The number of hydrogen-bond donors (Lipinski definition) is 0. The van der Waals surface area contributed by atoms with Crippen LogP contribution in [-0.2, 0) is 11.3 Å². The largest absolute Gasteiger partial charge is 0.461 e. The zero-order valence-corrected chi connectivity index (χ0v) is 16.7. The van der Waals surface area contributed by atoms with Crippen LogP contribution in [0.5, 0.6) is 0 Å². The molecular weight excluding hydrogens is 372 g/mol. The van der Waals surface area contributed by atoms with E-state index in [4.69, 9.17) is 16.3 Å². The van der Waals surface area contributed by atoms with Crippen LogP contribution in [0.2, 0.25) is 5.02 Å².